The van der Waals surface area contributed by atoms with Crippen molar-refractivity contribution in [2.24, 2.45) is 0 Å². The van der Waals surface area contributed by atoms with Crippen molar-refractivity contribution in [1.29, 1.82) is 0 Å². The molecule has 0 aliphatic carbocycles. The SMILES string of the molecule is CCCC(NC(=O)CC1CSCCN1)c1nn[nH]n1.Cl. The van der Waals surface area contributed by atoms with Gasteiger partial charge in [-0.3, -0.25) is 4.79 Å². The number of rotatable bonds is 6. The van der Waals surface area contributed by atoms with E-state index >= 15 is 0 Å². The van der Waals surface area contributed by atoms with Gasteiger partial charge in [0.05, 0.1) is 6.04 Å². The summed E-state index contributed by atoms with van der Waals surface area (Å²) in [5, 5.41) is 20.2. The number of carbonyl (C=O) groups is 1. The third-order valence-electron chi connectivity index (χ3n) is 3.02. The largest absolute Gasteiger partial charge is 0.346 e. The molecule has 3 N–H and O–H groups in total. The molecule has 20 heavy (non-hydrogen) atoms. The molecule has 0 saturated carbocycles. The second kappa shape index (κ2) is 9.15. The molecule has 1 saturated heterocycles. The van der Waals surface area contributed by atoms with Crippen LogP contribution in [0.1, 0.15) is 38.1 Å². The lowest BCUT2D eigenvalue weighted by atomic mass is 10.1. The summed E-state index contributed by atoms with van der Waals surface area (Å²) in [6.45, 7) is 3.05. The van der Waals surface area contributed by atoms with E-state index in [-0.39, 0.29) is 30.4 Å². The molecule has 1 aliphatic heterocycles. The molecule has 0 radical (unpaired) electrons. The van der Waals surface area contributed by atoms with Gasteiger partial charge in [-0.2, -0.15) is 17.0 Å². The molecular weight excluding hydrogens is 300 g/mol. The Morgan fingerprint density at radius 2 is 2.45 bits per heavy atom. The molecule has 1 amide bonds. The normalized spacial score (nSPS) is 19.9. The maximum Gasteiger partial charge on any atom is 0.222 e. The fourth-order valence-corrected chi connectivity index (χ4v) is 3.05. The molecule has 2 atom stereocenters. The molecule has 0 aromatic carbocycles. The molecule has 1 aromatic heterocycles. The Balaban J connectivity index is 0.00000200. The van der Waals surface area contributed by atoms with Crippen LogP contribution < -0.4 is 10.6 Å². The fraction of sp³-hybridized carbons (Fsp3) is 0.818. The van der Waals surface area contributed by atoms with Crippen LogP contribution in [0.4, 0.5) is 0 Å². The first-order valence-electron chi connectivity index (χ1n) is 6.63. The molecule has 1 aliphatic rings. The van der Waals surface area contributed by atoms with Crippen LogP contribution in [-0.2, 0) is 4.79 Å². The lowest BCUT2D eigenvalue weighted by Crippen LogP contribution is -2.42. The van der Waals surface area contributed by atoms with Gasteiger partial charge in [0.25, 0.3) is 0 Å². The smallest absolute Gasteiger partial charge is 0.222 e. The Labute approximate surface area is 128 Å². The lowest BCUT2D eigenvalue weighted by molar-refractivity contribution is -0.122. The van der Waals surface area contributed by atoms with Gasteiger partial charge in [-0.05, 0) is 6.42 Å². The minimum Gasteiger partial charge on any atom is -0.346 e. The zero-order valence-corrected chi connectivity index (χ0v) is 13.1. The average Bonchev–Trinajstić information content (AvgIpc) is 2.93. The van der Waals surface area contributed by atoms with Gasteiger partial charge < -0.3 is 10.6 Å². The lowest BCUT2D eigenvalue weighted by Gasteiger charge is -2.23. The number of nitrogens with one attached hydrogen (secondary N) is 3. The molecule has 9 heteroatoms. The first kappa shape index (κ1) is 17.2. The Morgan fingerprint density at radius 1 is 1.60 bits per heavy atom. The van der Waals surface area contributed by atoms with Crippen LogP contribution in [0, 0.1) is 0 Å². The first-order chi connectivity index (χ1) is 9.29. The molecule has 2 rings (SSSR count). The summed E-state index contributed by atoms with van der Waals surface area (Å²) in [4.78, 5) is 12.0. The predicted molar refractivity (Wildman–Crippen MR) is 81.0 cm³/mol. The van der Waals surface area contributed by atoms with Gasteiger partial charge >= 0.3 is 0 Å². The van der Waals surface area contributed by atoms with E-state index in [1.165, 1.54) is 0 Å². The quantitative estimate of drug-likeness (QED) is 0.713. The van der Waals surface area contributed by atoms with Crippen molar-refractivity contribution in [1.82, 2.24) is 31.3 Å². The average molecular weight is 321 g/mol. The Hall–Kier alpha value is -0.860. The first-order valence-corrected chi connectivity index (χ1v) is 7.79. The van der Waals surface area contributed by atoms with Crippen LogP contribution in [-0.4, -0.2) is 50.6 Å². The molecular formula is C11H21ClN6OS. The minimum atomic E-state index is -0.146. The molecule has 1 aromatic rings. The van der Waals surface area contributed by atoms with E-state index < -0.39 is 0 Å². The van der Waals surface area contributed by atoms with Crippen LogP contribution in [0.3, 0.4) is 0 Å². The van der Waals surface area contributed by atoms with Crippen molar-refractivity contribution < 1.29 is 4.79 Å². The standard InChI is InChI=1S/C11H20N6OS.ClH/c1-2-3-9(11-14-16-17-15-11)13-10(18)6-8-7-19-5-4-12-8;/h8-9,12H,2-7H2,1H3,(H,13,18)(H,14,15,16,17);1H. The maximum atomic E-state index is 12.0. The summed E-state index contributed by atoms with van der Waals surface area (Å²) in [5.74, 6) is 2.72. The van der Waals surface area contributed by atoms with E-state index in [2.05, 4.69) is 38.2 Å². The molecule has 1 fully saturated rings. The van der Waals surface area contributed by atoms with Gasteiger partial charge in [-0.15, -0.1) is 22.6 Å². The number of halogens is 1. The minimum absolute atomic E-state index is 0. The second-order valence-corrected chi connectivity index (χ2v) is 5.76. The zero-order chi connectivity index (χ0) is 13.5. The van der Waals surface area contributed by atoms with Crippen molar-refractivity contribution in [2.45, 2.75) is 38.3 Å². The number of hydrogen-bond acceptors (Lipinski definition) is 6. The van der Waals surface area contributed by atoms with Crippen LogP contribution in [0.25, 0.3) is 0 Å². The number of tetrazole rings is 1. The summed E-state index contributed by atoms with van der Waals surface area (Å²) >= 11 is 1.89. The number of carbonyl (C=O) groups excluding carboxylic acids is 1. The van der Waals surface area contributed by atoms with Crippen LogP contribution >= 0.6 is 24.2 Å². The summed E-state index contributed by atoms with van der Waals surface area (Å²) < 4.78 is 0. The van der Waals surface area contributed by atoms with Crippen LogP contribution in [0.15, 0.2) is 0 Å². The monoisotopic (exact) mass is 320 g/mol. The van der Waals surface area contributed by atoms with Crippen molar-refractivity contribution in [3.05, 3.63) is 5.82 Å². The number of nitrogens with zero attached hydrogens (tertiary/aromatic N) is 3. The third-order valence-corrected chi connectivity index (χ3v) is 4.15. The van der Waals surface area contributed by atoms with Crippen molar-refractivity contribution in [2.75, 3.05) is 18.1 Å². The third kappa shape index (κ3) is 5.26. The zero-order valence-electron chi connectivity index (χ0n) is 11.5. The van der Waals surface area contributed by atoms with E-state index in [0.29, 0.717) is 12.2 Å². The van der Waals surface area contributed by atoms with E-state index in [1.807, 2.05) is 11.8 Å². The van der Waals surface area contributed by atoms with Gasteiger partial charge in [-0.25, -0.2) is 0 Å². The summed E-state index contributed by atoms with van der Waals surface area (Å²) in [6.07, 6.45) is 2.28. The van der Waals surface area contributed by atoms with E-state index in [9.17, 15) is 4.79 Å². The molecule has 114 valence electrons. The van der Waals surface area contributed by atoms with Gasteiger partial charge in [0.2, 0.25) is 5.91 Å². The number of hydrogen-bond donors (Lipinski definition) is 3. The van der Waals surface area contributed by atoms with Crippen molar-refractivity contribution in [3.8, 4) is 0 Å². The summed E-state index contributed by atoms with van der Waals surface area (Å²) in [6, 6.07) is 0.124. The Bertz CT molecular complexity index is 384. The number of amides is 1. The van der Waals surface area contributed by atoms with E-state index in [4.69, 9.17) is 0 Å². The molecule has 2 unspecified atom stereocenters. The van der Waals surface area contributed by atoms with E-state index in [1.54, 1.807) is 0 Å². The van der Waals surface area contributed by atoms with Gasteiger partial charge in [-0.1, -0.05) is 18.6 Å². The topological polar surface area (TPSA) is 95.6 Å². The highest BCUT2D eigenvalue weighted by Gasteiger charge is 2.21. The fourth-order valence-electron chi connectivity index (χ4n) is 2.10. The summed E-state index contributed by atoms with van der Waals surface area (Å²) in [5.41, 5.74) is 0. The highest BCUT2D eigenvalue weighted by atomic mass is 35.5. The highest BCUT2D eigenvalue weighted by molar-refractivity contribution is 7.99. The Morgan fingerprint density at radius 3 is 3.05 bits per heavy atom. The van der Waals surface area contributed by atoms with Crippen LogP contribution in [0.5, 0.6) is 0 Å². The maximum absolute atomic E-state index is 12.0. The number of H-pyrrole nitrogens is 1. The molecule has 2 heterocycles. The van der Waals surface area contributed by atoms with Crippen LogP contribution in [0.2, 0.25) is 0 Å². The Kier molecular flexibility index (Phi) is 7.86. The number of aromatic nitrogens is 4. The molecule has 0 bridgehead atoms. The van der Waals surface area contributed by atoms with E-state index in [0.717, 1.165) is 30.9 Å². The highest BCUT2D eigenvalue weighted by Crippen LogP contribution is 2.15. The van der Waals surface area contributed by atoms with Crippen molar-refractivity contribution in [3.63, 3.8) is 0 Å². The van der Waals surface area contributed by atoms with Gasteiger partial charge in [0, 0.05) is 30.5 Å². The summed E-state index contributed by atoms with van der Waals surface area (Å²) in [7, 11) is 0. The number of thioether (sulfide) groups is 1. The van der Waals surface area contributed by atoms with Crippen molar-refractivity contribution >= 4 is 30.1 Å². The van der Waals surface area contributed by atoms with Gasteiger partial charge in [0.15, 0.2) is 5.82 Å². The molecule has 7 nitrogen and oxygen atoms in total. The predicted octanol–water partition coefficient (Wildman–Crippen LogP) is 0.674. The second-order valence-electron chi connectivity index (χ2n) is 4.61. The molecule has 0 spiro atoms. The van der Waals surface area contributed by atoms with Gasteiger partial charge in [0.1, 0.15) is 0 Å². The number of aromatic amines is 1.